The van der Waals surface area contributed by atoms with Crippen LogP contribution >= 0.6 is 11.3 Å². The van der Waals surface area contributed by atoms with Crippen LogP contribution in [0.25, 0.3) is 10.2 Å². The Labute approximate surface area is 149 Å². The van der Waals surface area contributed by atoms with E-state index in [4.69, 9.17) is 0 Å². The molecule has 1 aliphatic heterocycles. The molecule has 0 aliphatic carbocycles. The third kappa shape index (κ3) is 3.41. The minimum absolute atomic E-state index is 0.0151. The third-order valence-corrected chi connectivity index (χ3v) is 5.21. The van der Waals surface area contributed by atoms with Crippen molar-refractivity contribution in [2.24, 2.45) is 0 Å². The molecule has 3 N–H and O–H groups in total. The first-order chi connectivity index (χ1) is 12.2. The molecule has 3 aromatic rings. The summed E-state index contributed by atoms with van der Waals surface area (Å²) >= 11 is 1.54. The fourth-order valence-electron chi connectivity index (χ4n) is 3.03. The number of pyridine rings is 1. The molecule has 7 nitrogen and oxygen atoms in total. The highest BCUT2D eigenvalue weighted by atomic mass is 32.1. The lowest BCUT2D eigenvalue weighted by Gasteiger charge is -2.22. The summed E-state index contributed by atoms with van der Waals surface area (Å²) in [6.45, 7) is 2.16. The van der Waals surface area contributed by atoms with E-state index in [9.17, 15) is 10.2 Å². The Morgan fingerprint density at radius 2 is 2.00 bits per heavy atom. The summed E-state index contributed by atoms with van der Waals surface area (Å²) in [5, 5.41) is 25.3. The molecule has 0 saturated carbocycles. The number of nitrogens with one attached hydrogen (secondary N) is 1. The van der Waals surface area contributed by atoms with E-state index in [2.05, 4.69) is 20.3 Å². The maximum absolute atomic E-state index is 10.8. The summed E-state index contributed by atoms with van der Waals surface area (Å²) in [4.78, 5) is 15.2. The Morgan fingerprint density at radius 3 is 2.80 bits per heavy atom. The van der Waals surface area contributed by atoms with Crippen LogP contribution in [0.5, 0.6) is 5.88 Å². The topological polar surface area (TPSA) is 94.4 Å². The van der Waals surface area contributed by atoms with Gasteiger partial charge in [-0.25, -0.2) is 15.0 Å². The van der Waals surface area contributed by atoms with Gasteiger partial charge in [-0.1, -0.05) is 6.07 Å². The number of anilines is 1. The highest BCUT2D eigenvalue weighted by Gasteiger charge is 2.25. The largest absolute Gasteiger partial charge is 0.493 e. The van der Waals surface area contributed by atoms with E-state index in [0.29, 0.717) is 23.9 Å². The second-order valence-electron chi connectivity index (χ2n) is 6.02. The molecule has 1 unspecified atom stereocenters. The SMILES string of the molecule is Oc1cccc(CNc2nc(C(O)N3CCCC3)c3sccc3n2)n1. The quantitative estimate of drug-likeness (QED) is 0.646. The summed E-state index contributed by atoms with van der Waals surface area (Å²) < 4.78 is 0.917. The molecule has 130 valence electrons. The van der Waals surface area contributed by atoms with Crippen molar-refractivity contribution in [3.63, 3.8) is 0 Å². The normalized spacial score (nSPS) is 16.4. The van der Waals surface area contributed by atoms with Crippen molar-refractivity contribution in [3.05, 3.63) is 41.0 Å². The van der Waals surface area contributed by atoms with Crippen LogP contribution in [0.1, 0.15) is 30.5 Å². The molecule has 8 heteroatoms. The minimum Gasteiger partial charge on any atom is -0.493 e. The van der Waals surface area contributed by atoms with Crippen LogP contribution in [0.15, 0.2) is 29.6 Å². The van der Waals surface area contributed by atoms with Gasteiger partial charge in [0.2, 0.25) is 11.8 Å². The van der Waals surface area contributed by atoms with Crippen LogP contribution in [-0.2, 0) is 6.54 Å². The van der Waals surface area contributed by atoms with E-state index in [0.717, 1.165) is 36.1 Å². The van der Waals surface area contributed by atoms with E-state index in [-0.39, 0.29) is 5.88 Å². The summed E-state index contributed by atoms with van der Waals surface area (Å²) in [5.41, 5.74) is 2.16. The average Bonchev–Trinajstić information content (AvgIpc) is 3.30. The van der Waals surface area contributed by atoms with Gasteiger partial charge in [-0.2, -0.15) is 0 Å². The molecule has 25 heavy (non-hydrogen) atoms. The first-order valence-electron chi connectivity index (χ1n) is 8.27. The molecule has 1 aliphatic rings. The second kappa shape index (κ2) is 6.91. The number of rotatable bonds is 5. The molecule has 4 heterocycles. The zero-order valence-electron chi connectivity index (χ0n) is 13.6. The van der Waals surface area contributed by atoms with Crippen LogP contribution in [0.4, 0.5) is 5.95 Å². The van der Waals surface area contributed by atoms with Gasteiger partial charge < -0.3 is 15.5 Å². The monoisotopic (exact) mass is 357 g/mol. The number of hydrogen-bond acceptors (Lipinski definition) is 8. The smallest absolute Gasteiger partial charge is 0.224 e. The summed E-state index contributed by atoms with van der Waals surface area (Å²) in [6, 6.07) is 7.02. The lowest BCUT2D eigenvalue weighted by atomic mass is 10.3. The zero-order valence-corrected chi connectivity index (χ0v) is 14.4. The molecule has 1 atom stereocenters. The fraction of sp³-hybridized carbons (Fsp3) is 0.353. The summed E-state index contributed by atoms with van der Waals surface area (Å²) in [7, 11) is 0. The first kappa shape index (κ1) is 16.2. The van der Waals surface area contributed by atoms with E-state index in [1.54, 1.807) is 17.4 Å². The van der Waals surface area contributed by atoms with Gasteiger partial charge in [-0.3, -0.25) is 4.90 Å². The minimum atomic E-state index is -0.717. The van der Waals surface area contributed by atoms with Crippen molar-refractivity contribution in [1.29, 1.82) is 0 Å². The van der Waals surface area contributed by atoms with Crippen molar-refractivity contribution >= 4 is 27.5 Å². The molecular weight excluding hydrogens is 338 g/mol. The van der Waals surface area contributed by atoms with Crippen molar-refractivity contribution < 1.29 is 10.2 Å². The zero-order chi connectivity index (χ0) is 17.2. The number of likely N-dealkylation sites (tertiary alicyclic amines) is 1. The lowest BCUT2D eigenvalue weighted by molar-refractivity contribution is 0.0170. The van der Waals surface area contributed by atoms with Gasteiger partial charge in [0.05, 0.1) is 22.5 Å². The predicted octanol–water partition coefficient (Wildman–Crippen LogP) is 2.49. The number of hydrogen-bond donors (Lipinski definition) is 3. The van der Waals surface area contributed by atoms with Gasteiger partial charge >= 0.3 is 0 Å². The average molecular weight is 357 g/mol. The lowest BCUT2D eigenvalue weighted by Crippen LogP contribution is -2.26. The number of aliphatic hydroxyl groups is 1. The van der Waals surface area contributed by atoms with Gasteiger partial charge in [0.15, 0.2) is 6.23 Å². The van der Waals surface area contributed by atoms with Gasteiger partial charge in [-0.05, 0) is 30.4 Å². The van der Waals surface area contributed by atoms with Gasteiger partial charge in [0.25, 0.3) is 0 Å². The molecule has 3 aromatic heterocycles. The van der Waals surface area contributed by atoms with Crippen molar-refractivity contribution in [3.8, 4) is 5.88 Å². The Hall–Kier alpha value is -2.29. The Balaban J connectivity index is 1.61. The Bertz CT molecular complexity index is 878. The summed E-state index contributed by atoms with van der Waals surface area (Å²) in [5.74, 6) is 0.433. The van der Waals surface area contributed by atoms with Crippen molar-refractivity contribution in [2.75, 3.05) is 18.4 Å². The van der Waals surface area contributed by atoms with Crippen LogP contribution in [0.3, 0.4) is 0 Å². The van der Waals surface area contributed by atoms with Gasteiger partial charge in [0, 0.05) is 19.2 Å². The molecule has 0 spiro atoms. The molecular formula is C17H19N5O2S. The van der Waals surface area contributed by atoms with E-state index >= 15 is 0 Å². The standard InChI is InChI=1S/C17H19N5O2S/c23-13-5-3-4-11(19-13)10-18-17-20-12-6-9-25-15(12)14(21-17)16(24)22-7-1-2-8-22/h3-6,9,16,24H,1-2,7-8,10H2,(H,19,23)(H,18,20,21). The number of aliphatic hydroxyl groups excluding tert-OH is 1. The predicted molar refractivity (Wildman–Crippen MR) is 96.4 cm³/mol. The molecule has 4 rings (SSSR count). The number of nitrogens with zero attached hydrogens (tertiary/aromatic N) is 4. The third-order valence-electron chi connectivity index (χ3n) is 4.28. The molecule has 1 fully saturated rings. The maximum Gasteiger partial charge on any atom is 0.224 e. The first-order valence-corrected chi connectivity index (χ1v) is 9.15. The number of thiophene rings is 1. The number of aromatic hydroxyl groups is 1. The van der Waals surface area contributed by atoms with Gasteiger partial charge in [0.1, 0.15) is 5.69 Å². The van der Waals surface area contributed by atoms with E-state index < -0.39 is 6.23 Å². The van der Waals surface area contributed by atoms with Crippen LogP contribution < -0.4 is 5.32 Å². The Morgan fingerprint density at radius 1 is 1.16 bits per heavy atom. The van der Waals surface area contributed by atoms with Crippen LogP contribution in [0.2, 0.25) is 0 Å². The molecule has 0 amide bonds. The van der Waals surface area contributed by atoms with Crippen LogP contribution in [-0.4, -0.2) is 43.2 Å². The van der Waals surface area contributed by atoms with Crippen molar-refractivity contribution in [1.82, 2.24) is 19.9 Å². The number of fused-ring (bicyclic) bond motifs is 1. The molecule has 0 bridgehead atoms. The molecule has 0 aromatic carbocycles. The van der Waals surface area contributed by atoms with Gasteiger partial charge in [-0.15, -0.1) is 11.3 Å². The van der Waals surface area contributed by atoms with E-state index in [1.807, 2.05) is 22.4 Å². The summed E-state index contributed by atoms with van der Waals surface area (Å²) in [6.07, 6.45) is 1.49. The number of aromatic nitrogens is 3. The van der Waals surface area contributed by atoms with E-state index in [1.165, 1.54) is 6.07 Å². The fourth-order valence-corrected chi connectivity index (χ4v) is 3.87. The van der Waals surface area contributed by atoms with Crippen molar-refractivity contribution in [2.45, 2.75) is 25.6 Å². The molecule has 1 saturated heterocycles. The molecule has 0 radical (unpaired) electrons. The Kier molecular flexibility index (Phi) is 4.48. The maximum atomic E-state index is 10.8. The highest BCUT2D eigenvalue weighted by Crippen LogP contribution is 2.31. The highest BCUT2D eigenvalue weighted by molar-refractivity contribution is 7.17. The van der Waals surface area contributed by atoms with Crippen LogP contribution in [0, 0.1) is 0 Å². The second-order valence-corrected chi connectivity index (χ2v) is 6.94.